The Hall–Kier alpha value is 1.40. The molecule has 0 aromatic rings. The van der Waals surface area contributed by atoms with E-state index >= 15 is 0 Å². The molecular formula is C7H16AcN-. The van der Waals surface area contributed by atoms with Crippen molar-refractivity contribution in [3.05, 3.63) is 5.73 Å². The first-order valence-corrected chi connectivity index (χ1v) is 3.13. The van der Waals surface area contributed by atoms with Crippen molar-refractivity contribution in [3.8, 4) is 0 Å². The third kappa shape index (κ3) is 5.83. The number of nitrogens with one attached hydrogen (secondary N) is 1. The molecule has 1 radical (unpaired) electrons. The molecule has 0 heterocycles. The fraction of sp³-hybridized carbons (Fsp3) is 1.00. The van der Waals surface area contributed by atoms with Crippen LogP contribution in [0, 0.1) is 55.4 Å². The molecular weight excluding hydrogens is 325 g/mol. The maximum absolute atomic E-state index is 7.06. The Balaban J connectivity index is 0. The van der Waals surface area contributed by atoms with Crippen LogP contribution in [0.5, 0.6) is 0 Å². The van der Waals surface area contributed by atoms with Crippen LogP contribution in [0.15, 0.2) is 0 Å². The summed E-state index contributed by atoms with van der Waals surface area (Å²) in [4.78, 5) is 0. The van der Waals surface area contributed by atoms with Crippen LogP contribution in [-0.2, 0) is 0 Å². The van der Waals surface area contributed by atoms with Gasteiger partial charge < -0.3 is 5.73 Å². The van der Waals surface area contributed by atoms with Crippen LogP contribution in [0.2, 0.25) is 0 Å². The second-order valence-corrected chi connectivity index (χ2v) is 3.47. The second-order valence-electron chi connectivity index (χ2n) is 3.47. The molecule has 0 saturated heterocycles. The molecule has 0 saturated carbocycles. The maximum atomic E-state index is 7.06. The standard InChI is InChI=1S/C7H16N.Ac/c1-6(5-8)7(2,3)4;/h6,8H,5H2,1-4H3;/q-1;/t6-;/m0./s1. The van der Waals surface area contributed by atoms with Crippen molar-refractivity contribution in [2.24, 2.45) is 11.3 Å². The number of hydrogen-bond donors (Lipinski definition) is 0. The Kier molecular flexibility index (Phi) is 7.39. The first kappa shape index (κ1) is 13.0. The predicted octanol–water partition coefficient (Wildman–Crippen LogP) is 2.72. The first-order valence-electron chi connectivity index (χ1n) is 3.13. The summed E-state index contributed by atoms with van der Waals surface area (Å²) in [7, 11) is 0. The number of rotatable bonds is 1. The Morgan fingerprint density at radius 1 is 1.33 bits per heavy atom. The van der Waals surface area contributed by atoms with E-state index in [-0.39, 0.29) is 44.1 Å². The summed E-state index contributed by atoms with van der Waals surface area (Å²) in [6, 6.07) is 0. The monoisotopic (exact) mass is 341 g/mol. The van der Waals surface area contributed by atoms with Crippen molar-refractivity contribution in [2.75, 3.05) is 6.54 Å². The average molecular weight is 341 g/mol. The van der Waals surface area contributed by atoms with Crippen LogP contribution in [0.3, 0.4) is 0 Å². The van der Waals surface area contributed by atoms with E-state index in [1.807, 2.05) is 0 Å². The molecule has 0 spiro atoms. The Morgan fingerprint density at radius 3 is 1.67 bits per heavy atom. The molecule has 0 aliphatic rings. The van der Waals surface area contributed by atoms with Gasteiger partial charge in [-0.05, 0) is 5.41 Å². The molecule has 9 heavy (non-hydrogen) atoms. The van der Waals surface area contributed by atoms with Gasteiger partial charge in [0.1, 0.15) is 0 Å². The SMILES string of the molecule is C[C@@H](C[NH-])C(C)(C)C.[Ac]. The molecule has 0 rings (SSSR count). The van der Waals surface area contributed by atoms with Gasteiger partial charge in [-0.1, -0.05) is 33.6 Å². The normalized spacial score (nSPS) is 14.3. The van der Waals surface area contributed by atoms with Gasteiger partial charge in [0.2, 0.25) is 0 Å². The summed E-state index contributed by atoms with van der Waals surface area (Å²) in [5.41, 5.74) is 7.39. The van der Waals surface area contributed by atoms with Gasteiger partial charge in [0.05, 0.1) is 0 Å². The van der Waals surface area contributed by atoms with Crippen LogP contribution in [0.1, 0.15) is 27.7 Å². The molecule has 0 aromatic carbocycles. The molecule has 1 atom stereocenters. The smallest absolute Gasteiger partial charge is 0 e. The van der Waals surface area contributed by atoms with Gasteiger partial charge in [-0.15, -0.1) is 6.54 Å². The van der Waals surface area contributed by atoms with E-state index in [1.165, 1.54) is 0 Å². The summed E-state index contributed by atoms with van der Waals surface area (Å²) in [6.07, 6.45) is 0. The zero-order valence-electron chi connectivity index (χ0n) is 6.86. The van der Waals surface area contributed by atoms with E-state index in [0.29, 0.717) is 17.9 Å². The average Bonchev–Trinajstić information content (AvgIpc) is 1.62. The van der Waals surface area contributed by atoms with Crippen molar-refractivity contribution in [3.63, 3.8) is 0 Å². The van der Waals surface area contributed by atoms with Gasteiger partial charge >= 0.3 is 0 Å². The minimum Gasteiger partial charge on any atom is -0.677 e. The first-order chi connectivity index (χ1) is 3.48. The Morgan fingerprint density at radius 2 is 1.67 bits per heavy atom. The van der Waals surface area contributed by atoms with Crippen molar-refractivity contribution in [1.29, 1.82) is 0 Å². The van der Waals surface area contributed by atoms with Crippen LogP contribution in [0.25, 0.3) is 5.73 Å². The molecule has 1 N–H and O–H groups in total. The van der Waals surface area contributed by atoms with Crippen molar-refractivity contribution >= 4 is 0 Å². The maximum Gasteiger partial charge on any atom is 0 e. The molecule has 0 fully saturated rings. The van der Waals surface area contributed by atoms with Gasteiger partial charge in [0, 0.05) is 44.1 Å². The minimum atomic E-state index is 0. The summed E-state index contributed by atoms with van der Waals surface area (Å²) in [5.74, 6) is 0.516. The molecule has 0 unspecified atom stereocenters. The Labute approximate surface area is 94.3 Å². The quantitative estimate of drug-likeness (QED) is 0.700. The van der Waals surface area contributed by atoms with Crippen LogP contribution in [-0.4, -0.2) is 6.54 Å². The zero-order valence-corrected chi connectivity index (χ0v) is 11.6. The molecule has 2 heteroatoms. The third-order valence-corrected chi connectivity index (χ3v) is 1.78. The predicted molar refractivity (Wildman–Crippen MR) is 37.8 cm³/mol. The fourth-order valence-corrected chi connectivity index (χ4v) is 0.306. The summed E-state index contributed by atoms with van der Waals surface area (Å²) >= 11 is 0. The minimum absolute atomic E-state index is 0. The zero-order chi connectivity index (χ0) is 6.78. The van der Waals surface area contributed by atoms with E-state index in [9.17, 15) is 0 Å². The van der Waals surface area contributed by atoms with Crippen LogP contribution in [0.4, 0.5) is 0 Å². The van der Waals surface area contributed by atoms with Gasteiger partial charge in [0.15, 0.2) is 0 Å². The molecule has 1 nitrogen and oxygen atoms in total. The largest absolute Gasteiger partial charge is 0.677 e. The van der Waals surface area contributed by atoms with E-state index in [2.05, 4.69) is 27.7 Å². The second kappa shape index (κ2) is 5.10. The fourth-order valence-electron chi connectivity index (χ4n) is 0.306. The molecule has 0 amide bonds. The molecule has 0 aliphatic carbocycles. The molecule has 0 bridgehead atoms. The van der Waals surface area contributed by atoms with Crippen molar-refractivity contribution in [2.45, 2.75) is 27.7 Å². The third-order valence-electron chi connectivity index (χ3n) is 1.78. The van der Waals surface area contributed by atoms with Crippen LogP contribution < -0.4 is 0 Å². The summed E-state index contributed by atoms with van der Waals surface area (Å²) in [5, 5.41) is 0. The topological polar surface area (TPSA) is 23.8 Å². The summed E-state index contributed by atoms with van der Waals surface area (Å²) < 4.78 is 0. The Bertz CT molecular complexity index is 65.8. The van der Waals surface area contributed by atoms with Gasteiger partial charge in [-0.3, -0.25) is 0 Å². The van der Waals surface area contributed by atoms with Crippen molar-refractivity contribution in [1.82, 2.24) is 0 Å². The molecule has 0 aromatic heterocycles. The van der Waals surface area contributed by atoms with Crippen molar-refractivity contribution < 1.29 is 44.1 Å². The van der Waals surface area contributed by atoms with Gasteiger partial charge in [-0.25, -0.2) is 0 Å². The van der Waals surface area contributed by atoms with E-state index < -0.39 is 0 Å². The summed E-state index contributed by atoms with van der Waals surface area (Å²) in [6.45, 7) is 9.18. The van der Waals surface area contributed by atoms with Crippen LogP contribution >= 0.6 is 0 Å². The van der Waals surface area contributed by atoms with E-state index in [4.69, 9.17) is 5.73 Å². The van der Waals surface area contributed by atoms with E-state index in [0.717, 1.165) is 0 Å². The molecule has 0 aliphatic heterocycles. The van der Waals surface area contributed by atoms with Gasteiger partial charge in [0.25, 0.3) is 0 Å². The van der Waals surface area contributed by atoms with E-state index in [1.54, 1.807) is 0 Å². The van der Waals surface area contributed by atoms with Gasteiger partial charge in [-0.2, -0.15) is 0 Å². The molecule has 53 valence electrons. The number of hydrogen-bond acceptors (Lipinski definition) is 0.